The molecule has 114 valence electrons. The Morgan fingerprint density at radius 1 is 0.955 bits per heavy atom. The van der Waals surface area contributed by atoms with E-state index in [0.717, 1.165) is 11.1 Å². The second-order valence-corrected chi connectivity index (χ2v) is 7.62. The van der Waals surface area contributed by atoms with Crippen molar-refractivity contribution >= 4 is 17.6 Å². The number of nitrogens with zero attached hydrogens (tertiary/aromatic N) is 1. The van der Waals surface area contributed by atoms with Gasteiger partial charge in [-0.05, 0) is 31.9 Å². The molecule has 0 aromatic heterocycles. The van der Waals surface area contributed by atoms with Crippen LogP contribution in [0.2, 0.25) is 0 Å². The minimum atomic E-state index is -0.541. The Hall–Kier alpha value is -1.97. The van der Waals surface area contributed by atoms with Gasteiger partial charge in [0, 0.05) is 17.9 Å². The third kappa shape index (κ3) is 1.50. The lowest BCUT2D eigenvalue weighted by Crippen LogP contribution is -2.46. The minimum absolute atomic E-state index is 0.0977. The standard InChI is InChI=1S/C18H19NO3/c1-18(2,3)19-16(21)14-11-8-12(20)13(15(14)17(19)22)10-7-5-4-6-9(10)11/h4-7,11,13-15H,8H2,1-3H3/t11-,13-,14-,15+/m1/s1. The first-order chi connectivity index (χ1) is 10.3. The predicted octanol–water partition coefficient (Wildman–Crippen LogP) is 2.24. The van der Waals surface area contributed by atoms with E-state index in [2.05, 4.69) is 0 Å². The molecular formula is C18H19NO3. The topological polar surface area (TPSA) is 54.5 Å². The summed E-state index contributed by atoms with van der Waals surface area (Å²) >= 11 is 0. The van der Waals surface area contributed by atoms with Crippen LogP contribution >= 0.6 is 0 Å². The predicted molar refractivity (Wildman–Crippen MR) is 80.1 cm³/mol. The Morgan fingerprint density at radius 2 is 1.55 bits per heavy atom. The molecule has 5 rings (SSSR count). The van der Waals surface area contributed by atoms with Crippen LogP contribution in [0.3, 0.4) is 0 Å². The Kier molecular flexibility index (Phi) is 2.52. The first kappa shape index (κ1) is 13.7. The van der Waals surface area contributed by atoms with E-state index in [1.54, 1.807) is 0 Å². The van der Waals surface area contributed by atoms with Crippen molar-refractivity contribution in [1.82, 2.24) is 4.90 Å². The van der Waals surface area contributed by atoms with Crippen LogP contribution in [-0.4, -0.2) is 28.0 Å². The van der Waals surface area contributed by atoms with E-state index < -0.39 is 17.4 Å². The highest BCUT2D eigenvalue weighted by molar-refractivity contribution is 6.11. The van der Waals surface area contributed by atoms with Crippen molar-refractivity contribution in [1.29, 1.82) is 0 Å². The summed E-state index contributed by atoms with van der Waals surface area (Å²) < 4.78 is 0. The Morgan fingerprint density at radius 3 is 2.18 bits per heavy atom. The van der Waals surface area contributed by atoms with E-state index in [9.17, 15) is 14.4 Å². The number of rotatable bonds is 0. The van der Waals surface area contributed by atoms with Crippen LogP contribution in [0.15, 0.2) is 24.3 Å². The van der Waals surface area contributed by atoms with Gasteiger partial charge in [-0.3, -0.25) is 19.3 Å². The average Bonchev–Trinajstić information content (AvgIpc) is 2.71. The van der Waals surface area contributed by atoms with Crippen LogP contribution in [0, 0.1) is 11.8 Å². The van der Waals surface area contributed by atoms with E-state index in [1.807, 2.05) is 45.0 Å². The molecule has 0 unspecified atom stereocenters. The summed E-state index contributed by atoms with van der Waals surface area (Å²) in [6.07, 6.45) is 0.389. The van der Waals surface area contributed by atoms with E-state index in [1.165, 1.54) is 4.90 Å². The fourth-order valence-corrected chi connectivity index (χ4v) is 4.62. The number of carbonyl (C=O) groups excluding carboxylic acids is 3. The number of likely N-dealkylation sites (tertiary alicyclic amines) is 1. The molecule has 1 saturated carbocycles. The zero-order chi connectivity index (χ0) is 15.8. The normalized spacial score (nSPS) is 33.2. The highest BCUT2D eigenvalue weighted by Gasteiger charge is 2.63. The van der Waals surface area contributed by atoms with Gasteiger partial charge in [-0.15, -0.1) is 0 Å². The van der Waals surface area contributed by atoms with Gasteiger partial charge in [0.25, 0.3) is 0 Å². The Balaban J connectivity index is 1.90. The van der Waals surface area contributed by atoms with Crippen LogP contribution in [0.25, 0.3) is 0 Å². The van der Waals surface area contributed by atoms with Gasteiger partial charge in [0.05, 0.1) is 17.8 Å². The summed E-state index contributed by atoms with van der Waals surface area (Å²) in [6.45, 7) is 5.62. The maximum absolute atomic E-state index is 12.9. The Labute approximate surface area is 129 Å². The van der Waals surface area contributed by atoms with Crippen LogP contribution in [-0.2, 0) is 14.4 Å². The highest BCUT2D eigenvalue weighted by atomic mass is 16.2. The lowest BCUT2D eigenvalue weighted by Gasteiger charge is -2.43. The van der Waals surface area contributed by atoms with Crippen molar-refractivity contribution in [3.8, 4) is 0 Å². The van der Waals surface area contributed by atoms with Gasteiger partial charge in [-0.1, -0.05) is 24.3 Å². The van der Waals surface area contributed by atoms with Crippen LogP contribution in [0.1, 0.15) is 50.2 Å². The molecule has 4 heteroatoms. The van der Waals surface area contributed by atoms with Crippen molar-refractivity contribution < 1.29 is 14.4 Å². The van der Waals surface area contributed by atoms with Crippen LogP contribution < -0.4 is 0 Å². The molecule has 4 atom stereocenters. The lowest BCUT2D eigenvalue weighted by molar-refractivity contribution is -0.145. The molecule has 1 saturated heterocycles. The quantitative estimate of drug-likeness (QED) is 0.690. The zero-order valence-corrected chi connectivity index (χ0v) is 13.0. The number of benzene rings is 1. The number of hydrogen-bond donors (Lipinski definition) is 0. The van der Waals surface area contributed by atoms with Gasteiger partial charge in [0.15, 0.2) is 0 Å². The lowest BCUT2D eigenvalue weighted by atomic mass is 9.56. The molecule has 2 fully saturated rings. The molecule has 1 aromatic carbocycles. The number of amides is 2. The molecular weight excluding hydrogens is 278 g/mol. The van der Waals surface area contributed by atoms with Crippen molar-refractivity contribution in [2.24, 2.45) is 11.8 Å². The van der Waals surface area contributed by atoms with Gasteiger partial charge in [0.1, 0.15) is 5.78 Å². The summed E-state index contributed by atoms with van der Waals surface area (Å²) in [6, 6.07) is 7.80. The molecule has 3 aliphatic carbocycles. The number of Topliss-reactive ketones (excluding diaryl/α,β-unsaturated/α-hetero) is 1. The number of fused-ring (bicyclic) bond motifs is 1. The number of ketones is 1. The highest BCUT2D eigenvalue weighted by Crippen LogP contribution is 2.57. The fraction of sp³-hybridized carbons (Fsp3) is 0.500. The molecule has 4 aliphatic rings. The fourth-order valence-electron chi connectivity index (χ4n) is 4.62. The first-order valence-electron chi connectivity index (χ1n) is 7.82. The second kappa shape index (κ2) is 4.06. The maximum Gasteiger partial charge on any atom is 0.234 e. The number of hydrogen-bond acceptors (Lipinski definition) is 3. The van der Waals surface area contributed by atoms with Crippen LogP contribution in [0.4, 0.5) is 0 Å². The molecule has 1 heterocycles. The zero-order valence-electron chi connectivity index (χ0n) is 13.0. The average molecular weight is 297 g/mol. The summed E-state index contributed by atoms with van der Waals surface area (Å²) in [7, 11) is 0. The third-order valence-electron chi connectivity index (χ3n) is 5.36. The summed E-state index contributed by atoms with van der Waals surface area (Å²) in [5.74, 6) is -1.57. The van der Waals surface area contributed by atoms with Crippen molar-refractivity contribution in [2.75, 3.05) is 0 Å². The van der Waals surface area contributed by atoms with E-state index in [0.29, 0.717) is 6.42 Å². The van der Waals surface area contributed by atoms with Crippen molar-refractivity contribution in [2.45, 2.75) is 44.6 Å². The maximum atomic E-state index is 12.9. The number of carbonyl (C=O) groups is 3. The second-order valence-electron chi connectivity index (χ2n) is 7.62. The molecule has 1 aliphatic heterocycles. The molecule has 2 amide bonds. The molecule has 0 spiro atoms. The summed E-state index contributed by atoms with van der Waals surface area (Å²) in [5.41, 5.74) is 1.51. The van der Waals surface area contributed by atoms with Crippen LogP contribution in [0.5, 0.6) is 0 Å². The molecule has 2 bridgehead atoms. The summed E-state index contributed by atoms with van der Waals surface area (Å²) in [5, 5.41) is 0. The smallest absolute Gasteiger partial charge is 0.234 e. The SMILES string of the molecule is CC(C)(C)N1C(=O)[C@@H]2[C@H](C1=O)[C@@H]1CC(=O)[C@H]2c2ccccc21. The first-order valence-corrected chi connectivity index (χ1v) is 7.82. The molecule has 22 heavy (non-hydrogen) atoms. The molecule has 0 radical (unpaired) electrons. The Bertz CT molecular complexity index is 715. The van der Waals surface area contributed by atoms with Crippen molar-refractivity contribution in [3.63, 3.8) is 0 Å². The minimum Gasteiger partial charge on any atom is -0.299 e. The molecule has 4 nitrogen and oxygen atoms in total. The van der Waals surface area contributed by atoms with E-state index >= 15 is 0 Å². The van der Waals surface area contributed by atoms with E-state index in [4.69, 9.17) is 0 Å². The largest absolute Gasteiger partial charge is 0.299 e. The van der Waals surface area contributed by atoms with Gasteiger partial charge in [-0.2, -0.15) is 0 Å². The van der Waals surface area contributed by atoms with Gasteiger partial charge >= 0.3 is 0 Å². The van der Waals surface area contributed by atoms with Gasteiger partial charge < -0.3 is 0 Å². The monoisotopic (exact) mass is 297 g/mol. The molecule has 0 N–H and O–H groups in total. The molecule has 1 aromatic rings. The van der Waals surface area contributed by atoms with Crippen molar-refractivity contribution in [3.05, 3.63) is 35.4 Å². The number of imide groups is 1. The van der Waals surface area contributed by atoms with Gasteiger partial charge in [-0.25, -0.2) is 0 Å². The van der Waals surface area contributed by atoms with Gasteiger partial charge in [0.2, 0.25) is 11.8 Å². The van der Waals surface area contributed by atoms with E-state index in [-0.39, 0.29) is 29.4 Å². The summed E-state index contributed by atoms with van der Waals surface area (Å²) in [4.78, 5) is 39.7. The third-order valence-corrected chi connectivity index (χ3v) is 5.36.